The van der Waals surface area contributed by atoms with Crippen molar-refractivity contribution in [3.8, 4) is 0 Å². The predicted molar refractivity (Wildman–Crippen MR) is 50.6 cm³/mol. The molecule has 0 nitrogen and oxygen atoms in total. The molecule has 0 aliphatic heterocycles. The Morgan fingerprint density at radius 1 is 0.417 bits per heavy atom. The van der Waals surface area contributed by atoms with Crippen molar-refractivity contribution in [3.63, 3.8) is 0 Å². The molecule has 0 saturated carbocycles. The summed E-state index contributed by atoms with van der Waals surface area (Å²) in [5.74, 6) is -28.1. The third kappa shape index (κ3) is 3.35. The van der Waals surface area contributed by atoms with Crippen LogP contribution in [0.3, 0.4) is 0 Å². The zero-order valence-electron chi connectivity index (χ0n) is 10.0. The highest BCUT2D eigenvalue weighted by molar-refractivity contribution is 6.40. The van der Waals surface area contributed by atoms with Crippen LogP contribution in [0.5, 0.6) is 0 Å². The van der Waals surface area contributed by atoms with Crippen LogP contribution < -0.4 is 0 Å². The maximum atomic E-state index is 13.0. The number of rotatable bonds is 4. The van der Waals surface area contributed by atoms with Crippen molar-refractivity contribution in [1.29, 1.82) is 0 Å². The van der Waals surface area contributed by atoms with E-state index in [4.69, 9.17) is 0 Å². The summed E-state index contributed by atoms with van der Waals surface area (Å²) in [6.07, 6.45) is -14.3. The molecule has 0 aliphatic rings. The Morgan fingerprint density at radius 3 is 0.708 bits per heavy atom. The maximum absolute atomic E-state index is 13.0. The summed E-state index contributed by atoms with van der Waals surface area (Å²) in [5, 5.41) is -7.47. The minimum atomic E-state index is -7.21. The van der Waals surface area contributed by atoms with E-state index in [1.54, 1.807) is 0 Å². The molecule has 0 aromatic rings. The second kappa shape index (κ2) is 5.95. The minimum Gasteiger partial charge on any atom is -0.193 e. The fraction of sp³-hybridized carbons (Fsp3) is 0.750. The van der Waals surface area contributed by atoms with E-state index < -0.39 is 46.1 Å². The summed E-state index contributed by atoms with van der Waals surface area (Å²) in [6.45, 7) is 0. The van der Waals surface area contributed by atoms with Gasteiger partial charge in [-0.3, -0.25) is 0 Å². The minimum absolute atomic E-state index is 3.74. The van der Waals surface area contributed by atoms with Crippen LogP contribution in [-0.2, 0) is 0 Å². The zero-order chi connectivity index (χ0) is 20.2. The molecule has 0 aromatic carbocycles. The highest BCUT2D eigenvalue weighted by Crippen LogP contribution is 2.56. The molecule has 144 valence electrons. The highest BCUT2D eigenvalue weighted by Gasteiger charge is 2.78. The van der Waals surface area contributed by atoms with Crippen LogP contribution >= 0.6 is 23.2 Å². The summed E-state index contributed by atoms with van der Waals surface area (Å²) in [6, 6.07) is 0. The van der Waals surface area contributed by atoms with Crippen LogP contribution in [0.25, 0.3) is 0 Å². The quantitative estimate of drug-likeness (QED) is 0.454. The third-order valence-corrected chi connectivity index (χ3v) is 3.19. The van der Waals surface area contributed by atoms with Crippen molar-refractivity contribution in [3.05, 3.63) is 10.1 Å². The summed E-state index contributed by atoms with van der Waals surface area (Å²) in [7, 11) is 0. The summed E-state index contributed by atoms with van der Waals surface area (Å²) in [5.41, 5.74) is 0. The Balaban J connectivity index is 6.38. The first kappa shape index (κ1) is 23.3. The van der Waals surface area contributed by atoms with Crippen LogP contribution in [0.4, 0.5) is 61.5 Å². The fourth-order valence-corrected chi connectivity index (χ4v) is 1.38. The van der Waals surface area contributed by atoms with Gasteiger partial charge in [-0.05, 0) is 0 Å². The van der Waals surface area contributed by atoms with E-state index in [1.807, 2.05) is 0 Å². The molecule has 0 amide bonds. The molecule has 0 N–H and O–H groups in total. The first-order valence-corrected chi connectivity index (χ1v) is 5.53. The number of allylic oxidation sites excluding steroid dienone is 2. The van der Waals surface area contributed by atoms with Gasteiger partial charge in [0, 0.05) is 0 Å². The van der Waals surface area contributed by atoms with Crippen LogP contribution in [-0.4, -0.2) is 36.0 Å². The molecule has 0 aliphatic carbocycles. The zero-order valence-corrected chi connectivity index (χ0v) is 11.6. The van der Waals surface area contributed by atoms with Crippen LogP contribution in [0, 0.1) is 0 Å². The molecule has 0 spiro atoms. The third-order valence-electron chi connectivity index (χ3n) is 2.24. The van der Waals surface area contributed by atoms with E-state index in [9.17, 15) is 61.5 Å². The van der Waals surface area contributed by atoms with Crippen molar-refractivity contribution in [2.24, 2.45) is 0 Å². The van der Waals surface area contributed by atoms with Crippen molar-refractivity contribution in [2.45, 2.75) is 36.0 Å². The SMILES string of the molecule is FC(F)(F)C(F)(F)C(F)(F)C(Cl)=C(Cl)C(F)(F)C(F)(F)C(F)(F)F. The molecule has 0 fully saturated rings. The molecule has 16 heteroatoms. The van der Waals surface area contributed by atoms with Gasteiger partial charge in [0.15, 0.2) is 0 Å². The highest BCUT2D eigenvalue weighted by atomic mass is 35.5. The predicted octanol–water partition coefficient (Wildman–Crippen LogP) is 6.34. The molecule has 24 heavy (non-hydrogen) atoms. The van der Waals surface area contributed by atoms with Crippen LogP contribution in [0.2, 0.25) is 0 Å². The lowest BCUT2D eigenvalue weighted by Gasteiger charge is -2.31. The molecule has 0 radical (unpaired) electrons. The number of halogens is 16. The molecule has 0 rings (SSSR count). The summed E-state index contributed by atoms with van der Waals surface area (Å²) >= 11 is 8.18. The topological polar surface area (TPSA) is 0 Å². The van der Waals surface area contributed by atoms with Gasteiger partial charge < -0.3 is 0 Å². The van der Waals surface area contributed by atoms with Gasteiger partial charge in [0.2, 0.25) is 0 Å². The Bertz CT molecular complexity index is 464. The second-order valence-corrected chi connectivity index (χ2v) is 4.68. The monoisotopic (exact) mass is 432 g/mol. The first-order valence-electron chi connectivity index (χ1n) is 4.77. The van der Waals surface area contributed by atoms with Gasteiger partial charge in [-0.2, -0.15) is 61.5 Å². The molecule has 0 saturated heterocycles. The molecular formula is C8Cl2F14. The van der Waals surface area contributed by atoms with Crippen molar-refractivity contribution < 1.29 is 61.5 Å². The normalized spacial score (nSPS) is 17.0. The van der Waals surface area contributed by atoms with Gasteiger partial charge in [-0.15, -0.1) is 0 Å². The number of hydrogen-bond acceptors (Lipinski definition) is 0. The lowest BCUT2D eigenvalue weighted by Crippen LogP contribution is -2.55. The largest absolute Gasteiger partial charge is 0.460 e. The summed E-state index contributed by atoms with van der Waals surface area (Å²) < 4.78 is 173. The molecular weight excluding hydrogens is 433 g/mol. The van der Waals surface area contributed by atoms with Gasteiger partial charge in [0.1, 0.15) is 10.1 Å². The number of alkyl halides is 14. The fourth-order valence-electron chi connectivity index (χ4n) is 0.907. The maximum Gasteiger partial charge on any atom is 0.460 e. The molecule has 0 aromatic heterocycles. The smallest absolute Gasteiger partial charge is 0.193 e. The van der Waals surface area contributed by atoms with E-state index in [0.29, 0.717) is 0 Å². The van der Waals surface area contributed by atoms with Gasteiger partial charge >= 0.3 is 36.0 Å². The van der Waals surface area contributed by atoms with E-state index in [-0.39, 0.29) is 0 Å². The van der Waals surface area contributed by atoms with Gasteiger partial charge in [0.05, 0.1) is 0 Å². The van der Waals surface area contributed by atoms with Gasteiger partial charge in [-0.25, -0.2) is 0 Å². The van der Waals surface area contributed by atoms with Crippen molar-refractivity contribution in [2.75, 3.05) is 0 Å². The Hall–Kier alpha value is -0.660. The molecule has 0 atom stereocenters. The van der Waals surface area contributed by atoms with E-state index in [0.717, 1.165) is 0 Å². The van der Waals surface area contributed by atoms with E-state index in [1.165, 1.54) is 0 Å². The Kier molecular flexibility index (Phi) is 5.79. The van der Waals surface area contributed by atoms with Crippen molar-refractivity contribution in [1.82, 2.24) is 0 Å². The van der Waals surface area contributed by atoms with Crippen molar-refractivity contribution >= 4 is 23.2 Å². The molecule has 0 heterocycles. The standard InChI is InChI=1S/C8Cl2F14/c9-1(3(11,12)5(15,16)7(19,20)21)2(10)4(13,14)6(17,18)8(22,23)24. The Morgan fingerprint density at radius 2 is 0.583 bits per heavy atom. The number of hydrogen-bond donors (Lipinski definition) is 0. The average molecular weight is 433 g/mol. The van der Waals surface area contributed by atoms with E-state index >= 15 is 0 Å². The first-order chi connectivity index (χ1) is 10.1. The lowest BCUT2D eigenvalue weighted by molar-refractivity contribution is -0.348. The summed E-state index contributed by atoms with van der Waals surface area (Å²) in [4.78, 5) is 0. The van der Waals surface area contributed by atoms with Crippen LogP contribution in [0.15, 0.2) is 10.1 Å². The lowest BCUT2D eigenvalue weighted by atomic mass is 10.1. The Labute approximate surface area is 132 Å². The van der Waals surface area contributed by atoms with Gasteiger partial charge in [-0.1, -0.05) is 23.2 Å². The second-order valence-electron chi connectivity index (χ2n) is 3.92. The molecule has 0 bridgehead atoms. The van der Waals surface area contributed by atoms with Gasteiger partial charge in [0.25, 0.3) is 0 Å². The average Bonchev–Trinajstić information content (AvgIpc) is 2.33. The molecule has 0 unspecified atom stereocenters. The van der Waals surface area contributed by atoms with E-state index in [2.05, 4.69) is 23.2 Å². The van der Waals surface area contributed by atoms with Crippen LogP contribution in [0.1, 0.15) is 0 Å².